The van der Waals surface area contributed by atoms with Gasteiger partial charge in [-0.15, -0.1) is 11.3 Å². The zero-order chi connectivity index (χ0) is 13.3. The first kappa shape index (κ1) is 12.8. The largest absolute Gasteiger partial charge is 0.375 e. The Kier molecular flexibility index (Phi) is 3.47. The van der Waals surface area contributed by atoms with Crippen LogP contribution in [0.5, 0.6) is 0 Å². The summed E-state index contributed by atoms with van der Waals surface area (Å²) in [6.07, 6.45) is 0. The van der Waals surface area contributed by atoms with E-state index in [1.54, 1.807) is 11.4 Å². The number of hydrogen-bond donors (Lipinski definition) is 1. The molecule has 96 valence electrons. The van der Waals surface area contributed by atoms with Gasteiger partial charge in [-0.1, -0.05) is 13.8 Å². The molecule has 0 fully saturated rings. The summed E-state index contributed by atoms with van der Waals surface area (Å²) in [5.41, 5.74) is 7.49. The van der Waals surface area contributed by atoms with Crippen LogP contribution in [0.2, 0.25) is 0 Å². The van der Waals surface area contributed by atoms with Crippen LogP contribution in [0.4, 0.5) is 5.13 Å². The molecule has 18 heavy (non-hydrogen) atoms. The van der Waals surface area contributed by atoms with Crippen molar-refractivity contribution in [2.24, 2.45) is 5.92 Å². The monoisotopic (exact) mass is 264 g/mol. The van der Waals surface area contributed by atoms with E-state index in [9.17, 15) is 4.79 Å². The van der Waals surface area contributed by atoms with Gasteiger partial charge in [-0.2, -0.15) is 5.10 Å². The number of nitrogens with two attached hydrogens (primary N) is 1. The van der Waals surface area contributed by atoms with Gasteiger partial charge in [0.15, 0.2) is 5.13 Å². The van der Waals surface area contributed by atoms with Crippen molar-refractivity contribution < 1.29 is 0 Å². The van der Waals surface area contributed by atoms with E-state index in [4.69, 9.17) is 5.73 Å². The molecule has 0 amide bonds. The summed E-state index contributed by atoms with van der Waals surface area (Å²) in [4.78, 5) is 16.4. The molecule has 5 nitrogen and oxygen atoms in total. The van der Waals surface area contributed by atoms with Gasteiger partial charge >= 0.3 is 0 Å². The van der Waals surface area contributed by atoms with Crippen LogP contribution in [0.1, 0.15) is 19.5 Å². The molecule has 2 aromatic heterocycles. The van der Waals surface area contributed by atoms with Gasteiger partial charge in [0.25, 0.3) is 5.56 Å². The molecule has 0 saturated carbocycles. The Morgan fingerprint density at radius 3 is 2.78 bits per heavy atom. The minimum absolute atomic E-state index is 0.111. The van der Waals surface area contributed by atoms with Crippen LogP contribution in [-0.4, -0.2) is 14.8 Å². The number of hydrogen-bond acceptors (Lipinski definition) is 5. The van der Waals surface area contributed by atoms with Gasteiger partial charge < -0.3 is 5.73 Å². The lowest BCUT2D eigenvalue weighted by Crippen LogP contribution is -2.27. The van der Waals surface area contributed by atoms with Crippen LogP contribution in [0.3, 0.4) is 0 Å². The third-order valence-corrected chi connectivity index (χ3v) is 3.11. The number of thiazole rings is 1. The Morgan fingerprint density at radius 1 is 1.50 bits per heavy atom. The Hall–Kier alpha value is -1.69. The quantitative estimate of drug-likeness (QED) is 0.919. The van der Waals surface area contributed by atoms with E-state index < -0.39 is 0 Å². The van der Waals surface area contributed by atoms with Crippen molar-refractivity contribution >= 4 is 16.5 Å². The molecule has 0 radical (unpaired) electrons. The second-order valence-corrected chi connectivity index (χ2v) is 5.54. The molecule has 0 saturated heterocycles. The van der Waals surface area contributed by atoms with Gasteiger partial charge in [0.2, 0.25) is 0 Å². The Bertz CT molecular complexity index is 615. The van der Waals surface area contributed by atoms with Crippen LogP contribution < -0.4 is 11.3 Å². The average molecular weight is 264 g/mol. The van der Waals surface area contributed by atoms with Crippen molar-refractivity contribution in [2.75, 3.05) is 5.73 Å². The lowest BCUT2D eigenvalue weighted by Gasteiger charge is -2.09. The first-order chi connectivity index (χ1) is 8.47. The summed E-state index contributed by atoms with van der Waals surface area (Å²) in [7, 11) is 0. The van der Waals surface area contributed by atoms with Crippen molar-refractivity contribution in [2.45, 2.75) is 27.3 Å². The number of nitrogen functional groups attached to an aromatic ring is 1. The molecular formula is C12H16N4OS. The van der Waals surface area contributed by atoms with Gasteiger partial charge in [0.1, 0.15) is 0 Å². The summed E-state index contributed by atoms with van der Waals surface area (Å²) in [6.45, 7) is 6.58. The van der Waals surface area contributed by atoms with E-state index in [1.807, 2.05) is 6.92 Å². The fourth-order valence-electron chi connectivity index (χ4n) is 1.74. The van der Waals surface area contributed by atoms with Crippen molar-refractivity contribution in [3.63, 3.8) is 0 Å². The first-order valence-electron chi connectivity index (χ1n) is 5.77. The van der Waals surface area contributed by atoms with E-state index in [-0.39, 0.29) is 5.56 Å². The maximum absolute atomic E-state index is 12.3. The molecule has 2 rings (SSSR count). The number of rotatable bonds is 3. The normalized spacial score (nSPS) is 11.1. The molecule has 0 unspecified atom stereocenters. The van der Waals surface area contributed by atoms with Crippen LogP contribution >= 0.6 is 11.3 Å². The van der Waals surface area contributed by atoms with Gasteiger partial charge in [0, 0.05) is 11.9 Å². The lowest BCUT2D eigenvalue weighted by atomic mass is 10.2. The highest BCUT2D eigenvalue weighted by Crippen LogP contribution is 2.20. The summed E-state index contributed by atoms with van der Waals surface area (Å²) in [5, 5.41) is 6.52. The second kappa shape index (κ2) is 4.89. The maximum Gasteiger partial charge on any atom is 0.276 e. The fraction of sp³-hybridized carbons (Fsp3) is 0.417. The molecule has 0 bridgehead atoms. The lowest BCUT2D eigenvalue weighted by molar-refractivity contribution is 0.461. The molecule has 0 spiro atoms. The minimum Gasteiger partial charge on any atom is -0.375 e. The Balaban J connectivity index is 2.54. The molecule has 0 aliphatic carbocycles. The van der Waals surface area contributed by atoms with E-state index in [2.05, 4.69) is 23.9 Å². The highest BCUT2D eigenvalue weighted by atomic mass is 32.1. The van der Waals surface area contributed by atoms with E-state index in [1.165, 1.54) is 16.0 Å². The van der Waals surface area contributed by atoms with Crippen molar-refractivity contribution in [3.8, 4) is 11.3 Å². The van der Waals surface area contributed by atoms with Crippen LogP contribution in [0.25, 0.3) is 11.3 Å². The topological polar surface area (TPSA) is 73.8 Å². The van der Waals surface area contributed by atoms with E-state index >= 15 is 0 Å². The number of nitrogens with zero attached hydrogens (tertiary/aromatic N) is 3. The molecule has 2 N–H and O–H groups in total. The number of aryl methyl sites for hydroxylation is 1. The molecule has 6 heteroatoms. The zero-order valence-electron chi connectivity index (χ0n) is 10.7. The average Bonchev–Trinajstić information content (AvgIpc) is 2.69. The third kappa shape index (κ3) is 2.59. The number of aromatic nitrogens is 3. The molecular weight excluding hydrogens is 248 g/mol. The fourth-order valence-corrected chi connectivity index (χ4v) is 2.30. The number of anilines is 1. The van der Waals surface area contributed by atoms with Gasteiger partial charge in [0.05, 0.1) is 17.0 Å². The standard InChI is InChI=1S/C12H16N4OS/c1-7(2)5-16-11(17)9(4-8(3)15-16)10-6-18-12(13)14-10/h4,6-7H,5H2,1-3H3,(H2,13,14). The molecule has 0 aromatic carbocycles. The zero-order valence-corrected chi connectivity index (χ0v) is 11.5. The Morgan fingerprint density at radius 2 is 2.22 bits per heavy atom. The predicted octanol–water partition coefficient (Wildman–Crippen LogP) is 1.91. The highest BCUT2D eigenvalue weighted by molar-refractivity contribution is 7.13. The summed E-state index contributed by atoms with van der Waals surface area (Å²) in [6, 6.07) is 1.76. The van der Waals surface area contributed by atoms with Gasteiger partial charge in [-0.25, -0.2) is 9.67 Å². The summed E-state index contributed by atoms with van der Waals surface area (Å²) < 4.78 is 1.50. The Labute approximate surface area is 109 Å². The second-order valence-electron chi connectivity index (χ2n) is 4.65. The van der Waals surface area contributed by atoms with Crippen LogP contribution in [0.15, 0.2) is 16.2 Å². The molecule has 2 aromatic rings. The summed E-state index contributed by atoms with van der Waals surface area (Å²) in [5.74, 6) is 0.366. The predicted molar refractivity (Wildman–Crippen MR) is 73.6 cm³/mol. The van der Waals surface area contributed by atoms with E-state index in [0.717, 1.165) is 5.69 Å². The van der Waals surface area contributed by atoms with E-state index in [0.29, 0.717) is 28.9 Å². The molecule has 0 atom stereocenters. The summed E-state index contributed by atoms with van der Waals surface area (Å²) >= 11 is 1.33. The van der Waals surface area contributed by atoms with Gasteiger partial charge in [-0.3, -0.25) is 4.79 Å². The van der Waals surface area contributed by atoms with Crippen molar-refractivity contribution in [3.05, 3.63) is 27.5 Å². The molecule has 0 aliphatic rings. The smallest absolute Gasteiger partial charge is 0.276 e. The van der Waals surface area contributed by atoms with Gasteiger partial charge in [-0.05, 0) is 18.9 Å². The third-order valence-electron chi connectivity index (χ3n) is 2.43. The first-order valence-corrected chi connectivity index (χ1v) is 6.65. The maximum atomic E-state index is 12.3. The van der Waals surface area contributed by atoms with Crippen molar-refractivity contribution in [1.82, 2.24) is 14.8 Å². The minimum atomic E-state index is -0.111. The molecule has 2 heterocycles. The highest BCUT2D eigenvalue weighted by Gasteiger charge is 2.12. The van der Waals surface area contributed by atoms with Crippen LogP contribution in [0, 0.1) is 12.8 Å². The van der Waals surface area contributed by atoms with Crippen LogP contribution in [-0.2, 0) is 6.54 Å². The van der Waals surface area contributed by atoms with Crippen molar-refractivity contribution in [1.29, 1.82) is 0 Å². The molecule has 0 aliphatic heterocycles. The SMILES string of the molecule is Cc1cc(-c2csc(N)n2)c(=O)n(CC(C)C)n1.